The van der Waals surface area contributed by atoms with Gasteiger partial charge in [-0.15, -0.1) is 21.5 Å². The summed E-state index contributed by atoms with van der Waals surface area (Å²) in [5, 5.41) is 20.8. The third-order valence-corrected chi connectivity index (χ3v) is 6.47. The van der Waals surface area contributed by atoms with Crippen molar-refractivity contribution in [1.29, 1.82) is 0 Å². The minimum atomic E-state index is -0.977. The summed E-state index contributed by atoms with van der Waals surface area (Å²) in [6.45, 7) is 9.96. The molecule has 6 nitrogen and oxygen atoms in total. The highest BCUT2D eigenvalue weighted by atomic mass is 35.5. The lowest BCUT2D eigenvalue weighted by atomic mass is 9.99. The topological polar surface area (TPSA) is 72.5 Å². The van der Waals surface area contributed by atoms with Gasteiger partial charge in [0.05, 0.1) is 11.3 Å². The number of aromatic nitrogens is 3. The second-order valence-electron chi connectivity index (χ2n) is 8.44. The van der Waals surface area contributed by atoms with Crippen molar-refractivity contribution in [2.75, 3.05) is 0 Å². The van der Waals surface area contributed by atoms with Crippen LogP contribution in [0.25, 0.3) is 5.00 Å². The molecule has 0 saturated carbocycles. The number of hydrogen-bond acceptors (Lipinski definition) is 6. The summed E-state index contributed by atoms with van der Waals surface area (Å²) in [4.78, 5) is 6.31. The molecule has 158 valence electrons. The van der Waals surface area contributed by atoms with Crippen molar-refractivity contribution in [3.05, 3.63) is 63.0 Å². The molecule has 3 aromatic rings. The minimum Gasteiger partial charge on any atom is -0.368 e. The van der Waals surface area contributed by atoms with E-state index in [1.54, 1.807) is 17.7 Å². The molecule has 0 aliphatic carbocycles. The third kappa shape index (κ3) is 4.07. The number of benzene rings is 1. The fourth-order valence-corrected chi connectivity index (χ4v) is 4.86. The number of fused-ring (bicyclic) bond motifs is 3. The summed E-state index contributed by atoms with van der Waals surface area (Å²) in [6, 6.07) is 7.28. The first-order valence-corrected chi connectivity index (χ1v) is 11.0. The van der Waals surface area contributed by atoms with E-state index >= 15 is 0 Å². The number of aryl methyl sites for hydroxylation is 1. The summed E-state index contributed by atoms with van der Waals surface area (Å²) < 4.78 is 7.73. The molecule has 0 saturated heterocycles. The van der Waals surface area contributed by atoms with E-state index in [2.05, 4.69) is 24.0 Å². The van der Waals surface area contributed by atoms with E-state index in [1.165, 1.54) is 10.4 Å². The lowest BCUT2D eigenvalue weighted by Crippen LogP contribution is -2.28. The van der Waals surface area contributed by atoms with Gasteiger partial charge in [-0.3, -0.25) is 9.56 Å². The fourth-order valence-electron chi connectivity index (χ4n) is 3.60. The van der Waals surface area contributed by atoms with Gasteiger partial charge in [0, 0.05) is 27.4 Å². The number of hydrogen-bond donors (Lipinski definition) is 1. The van der Waals surface area contributed by atoms with Gasteiger partial charge in [0.1, 0.15) is 17.4 Å². The van der Waals surface area contributed by atoms with E-state index < -0.39 is 17.9 Å². The van der Waals surface area contributed by atoms with Gasteiger partial charge in [0.25, 0.3) is 0 Å². The summed E-state index contributed by atoms with van der Waals surface area (Å²) in [6.07, 6.45) is 1.02. The highest BCUT2D eigenvalue weighted by Crippen LogP contribution is 2.39. The van der Waals surface area contributed by atoms with Crippen molar-refractivity contribution in [1.82, 2.24) is 14.8 Å². The maximum Gasteiger partial charge on any atom is 0.163 e. The Bertz CT molecular complexity index is 1100. The molecular formula is C22H25ClN4O2S. The SMILES string of the molecule is Cc1sc2c(c1C)C(c1ccc(Cl)cc1)=N[C@@H](CC(O)OC(C)(C)C)c1nncn1-2. The average molecular weight is 445 g/mol. The zero-order chi connectivity index (χ0) is 21.6. The van der Waals surface area contributed by atoms with E-state index in [0.717, 1.165) is 21.8 Å². The van der Waals surface area contributed by atoms with Crippen molar-refractivity contribution < 1.29 is 9.84 Å². The zero-order valence-electron chi connectivity index (χ0n) is 17.7. The molecule has 0 amide bonds. The van der Waals surface area contributed by atoms with Crippen LogP contribution in [0.1, 0.15) is 60.6 Å². The molecule has 0 bridgehead atoms. The highest BCUT2D eigenvalue weighted by molar-refractivity contribution is 7.15. The molecule has 1 aliphatic rings. The van der Waals surface area contributed by atoms with Gasteiger partial charge in [0.15, 0.2) is 12.1 Å². The molecule has 2 aromatic heterocycles. The van der Waals surface area contributed by atoms with Crippen molar-refractivity contribution in [2.24, 2.45) is 4.99 Å². The Labute approximate surface area is 185 Å². The van der Waals surface area contributed by atoms with Crippen LogP contribution in [0, 0.1) is 13.8 Å². The van der Waals surface area contributed by atoms with Gasteiger partial charge in [0.2, 0.25) is 0 Å². The fraction of sp³-hybridized carbons (Fsp3) is 0.409. The van der Waals surface area contributed by atoms with Gasteiger partial charge in [-0.2, -0.15) is 0 Å². The molecule has 3 heterocycles. The lowest BCUT2D eigenvalue weighted by Gasteiger charge is -2.25. The van der Waals surface area contributed by atoms with Crippen LogP contribution in [-0.4, -0.2) is 37.5 Å². The zero-order valence-corrected chi connectivity index (χ0v) is 19.3. The number of ether oxygens (including phenoxy) is 1. The Kier molecular flexibility index (Phi) is 5.57. The summed E-state index contributed by atoms with van der Waals surface area (Å²) in [7, 11) is 0. The summed E-state index contributed by atoms with van der Waals surface area (Å²) in [5.74, 6) is 0.693. The summed E-state index contributed by atoms with van der Waals surface area (Å²) >= 11 is 7.82. The summed E-state index contributed by atoms with van der Waals surface area (Å²) in [5.41, 5.74) is 3.61. The molecule has 1 unspecified atom stereocenters. The van der Waals surface area contributed by atoms with Crippen molar-refractivity contribution in [3.63, 3.8) is 0 Å². The Morgan fingerprint density at radius 2 is 1.93 bits per heavy atom. The number of aliphatic hydroxyl groups is 1. The quantitative estimate of drug-likeness (QED) is 0.574. The Balaban J connectivity index is 1.86. The maximum absolute atomic E-state index is 10.6. The molecule has 30 heavy (non-hydrogen) atoms. The number of thiophene rings is 1. The average Bonchev–Trinajstić information content (AvgIpc) is 3.21. The number of aliphatic imine (C=N–C) groups is 1. The first-order valence-electron chi connectivity index (χ1n) is 9.84. The van der Waals surface area contributed by atoms with Crippen LogP contribution < -0.4 is 0 Å². The first kappa shape index (κ1) is 21.2. The second kappa shape index (κ2) is 7.89. The lowest BCUT2D eigenvalue weighted by molar-refractivity contribution is -0.170. The Morgan fingerprint density at radius 3 is 2.60 bits per heavy atom. The molecular weight excluding hydrogens is 420 g/mol. The van der Waals surface area contributed by atoms with E-state index in [-0.39, 0.29) is 6.42 Å². The third-order valence-electron chi connectivity index (χ3n) is 5.01. The highest BCUT2D eigenvalue weighted by Gasteiger charge is 2.32. The molecule has 0 radical (unpaired) electrons. The van der Waals surface area contributed by atoms with Crippen LogP contribution in [0.3, 0.4) is 0 Å². The molecule has 8 heteroatoms. The number of aliphatic hydroxyl groups excluding tert-OH is 1. The van der Waals surface area contributed by atoms with Crippen LogP contribution in [0.4, 0.5) is 0 Å². The van der Waals surface area contributed by atoms with E-state index in [0.29, 0.717) is 10.8 Å². The van der Waals surface area contributed by atoms with E-state index in [1.807, 2.05) is 49.6 Å². The molecule has 4 rings (SSSR count). The van der Waals surface area contributed by atoms with E-state index in [9.17, 15) is 5.11 Å². The van der Waals surface area contributed by atoms with Crippen LogP contribution in [-0.2, 0) is 4.74 Å². The van der Waals surface area contributed by atoms with Crippen LogP contribution in [0.5, 0.6) is 0 Å². The largest absolute Gasteiger partial charge is 0.368 e. The molecule has 1 N–H and O–H groups in total. The first-order chi connectivity index (χ1) is 14.1. The van der Waals surface area contributed by atoms with Crippen molar-refractivity contribution in [3.8, 4) is 5.00 Å². The van der Waals surface area contributed by atoms with E-state index in [4.69, 9.17) is 21.3 Å². The number of rotatable bonds is 4. The van der Waals surface area contributed by atoms with Crippen molar-refractivity contribution >= 4 is 28.6 Å². The minimum absolute atomic E-state index is 0.278. The van der Waals surface area contributed by atoms with Gasteiger partial charge in [-0.1, -0.05) is 23.7 Å². The Morgan fingerprint density at radius 1 is 1.23 bits per heavy atom. The molecule has 0 spiro atoms. The second-order valence-corrected chi connectivity index (χ2v) is 10.1. The van der Waals surface area contributed by atoms with Gasteiger partial charge < -0.3 is 9.84 Å². The molecule has 1 aromatic carbocycles. The van der Waals surface area contributed by atoms with Gasteiger partial charge in [-0.25, -0.2) is 0 Å². The smallest absolute Gasteiger partial charge is 0.163 e. The van der Waals surface area contributed by atoms with Crippen LogP contribution in [0.2, 0.25) is 5.02 Å². The monoisotopic (exact) mass is 444 g/mol. The molecule has 0 fully saturated rings. The van der Waals surface area contributed by atoms with Crippen molar-refractivity contribution in [2.45, 2.75) is 59.0 Å². The van der Waals surface area contributed by atoms with Gasteiger partial charge in [-0.05, 0) is 52.3 Å². The van der Waals surface area contributed by atoms with Crippen LogP contribution in [0.15, 0.2) is 35.6 Å². The van der Waals surface area contributed by atoms with Crippen LogP contribution >= 0.6 is 22.9 Å². The normalized spacial score (nSPS) is 17.2. The number of nitrogens with zero attached hydrogens (tertiary/aromatic N) is 4. The maximum atomic E-state index is 10.6. The van der Waals surface area contributed by atoms with Gasteiger partial charge >= 0.3 is 0 Å². The standard InChI is InChI=1S/C22H25ClN4O2S/c1-12-13(2)30-21-18(12)19(14-6-8-15(23)9-7-14)25-16(20-26-24-11-27(20)21)10-17(28)29-22(3,4)5/h6-9,11,16-17,28H,10H2,1-5H3/t16-,17?/m0/s1. The molecule has 1 aliphatic heterocycles. The predicted octanol–water partition coefficient (Wildman–Crippen LogP) is 5.01. The Hall–Kier alpha value is -2.06. The number of halogens is 1. The predicted molar refractivity (Wildman–Crippen MR) is 120 cm³/mol. The molecule has 2 atom stereocenters.